The molecule has 0 aromatic heterocycles. The predicted octanol–water partition coefficient (Wildman–Crippen LogP) is 1.13. The van der Waals surface area contributed by atoms with Crippen molar-refractivity contribution in [3.8, 4) is 0 Å². The van der Waals surface area contributed by atoms with Gasteiger partial charge in [-0.15, -0.1) is 12.4 Å². The molecule has 0 bridgehead atoms. The Morgan fingerprint density at radius 3 is 2.20 bits per heavy atom. The van der Waals surface area contributed by atoms with Crippen LogP contribution in [0.3, 0.4) is 0 Å². The van der Waals surface area contributed by atoms with Gasteiger partial charge in [0.05, 0.1) is 12.0 Å². The smallest absolute Gasteiger partial charge is 0.333 e. The zero-order valence-electron chi connectivity index (χ0n) is 15.6. The van der Waals surface area contributed by atoms with Gasteiger partial charge >= 0.3 is 16.3 Å². The summed E-state index contributed by atoms with van der Waals surface area (Å²) in [4.78, 5) is 32.9. The minimum atomic E-state index is -4.30. The quantitative estimate of drug-likeness (QED) is 0.179. The van der Waals surface area contributed by atoms with Gasteiger partial charge in [0.1, 0.15) is 11.6 Å². The number of carbonyl (C=O) groups excluding carboxylic acids is 2. The molecule has 30 heavy (non-hydrogen) atoms. The van der Waals surface area contributed by atoms with Gasteiger partial charge in [-0.25, -0.2) is 0 Å². The lowest BCUT2D eigenvalue weighted by atomic mass is 10.0. The number of nitro benzene ring substituents is 1. The molecule has 0 saturated carbocycles. The highest BCUT2D eigenvalue weighted by atomic mass is 35.5. The maximum atomic E-state index is 12.1. The SMILES string of the molecule is COC(=O)C(N)CNS(=O)(=O)O.Cl.O=C(c1ccccc1)c1ccccc1[N+](=O)[O-]. The van der Waals surface area contributed by atoms with E-state index in [1.807, 2.05) is 0 Å². The molecule has 4 N–H and O–H groups in total. The van der Waals surface area contributed by atoms with Crippen LogP contribution in [0, 0.1) is 10.1 Å². The van der Waals surface area contributed by atoms with Crippen molar-refractivity contribution in [2.75, 3.05) is 13.7 Å². The van der Waals surface area contributed by atoms with Gasteiger partial charge in [-0.3, -0.25) is 24.3 Å². The number of ether oxygens (including phenoxy) is 1. The highest BCUT2D eigenvalue weighted by Gasteiger charge is 2.20. The molecule has 0 amide bonds. The van der Waals surface area contributed by atoms with Crippen molar-refractivity contribution < 1.29 is 32.2 Å². The van der Waals surface area contributed by atoms with Crippen LogP contribution in [0.4, 0.5) is 5.69 Å². The van der Waals surface area contributed by atoms with Crippen molar-refractivity contribution in [2.45, 2.75) is 6.04 Å². The van der Waals surface area contributed by atoms with Crippen LogP contribution in [-0.2, 0) is 19.8 Å². The third-order valence-electron chi connectivity index (χ3n) is 3.37. The van der Waals surface area contributed by atoms with E-state index in [0.717, 1.165) is 7.11 Å². The van der Waals surface area contributed by atoms with E-state index in [4.69, 9.17) is 10.3 Å². The molecule has 2 aromatic rings. The van der Waals surface area contributed by atoms with E-state index in [1.165, 1.54) is 12.1 Å². The van der Waals surface area contributed by atoms with Gasteiger partial charge in [0.25, 0.3) is 5.69 Å². The first-order chi connectivity index (χ1) is 13.6. The predicted molar refractivity (Wildman–Crippen MR) is 110 cm³/mol. The number of para-hydroxylation sites is 1. The number of methoxy groups -OCH3 is 1. The molecule has 0 radical (unpaired) electrons. The van der Waals surface area contributed by atoms with E-state index < -0.39 is 33.8 Å². The number of hydrogen-bond acceptors (Lipinski definition) is 8. The maximum absolute atomic E-state index is 12.1. The molecule has 0 spiro atoms. The fraction of sp³-hybridized carbons (Fsp3) is 0.176. The Balaban J connectivity index is 0.000000579. The number of nitrogens with one attached hydrogen (secondary N) is 1. The number of benzene rings is 2. The number of nitrogens with zero attached hydrogens (tertiary/aromatic N) is 1. The summed E-state index contributed by atoms with van der Waals surface area (Å²) in [6, 6.07) is 13.3. The lowest BCUT2D eigenvalue weighted by Crippen LogP contribution is -2.42. The number of nitrogens with two attached hydrogens (primary N) is 1. The van der Waals surface area contributed by atoms with E-state index in [1.54, 1.807) is 47.2 Å². The van der Waals surface area contributed by atoms with Crippen LogP contribution >= 0.6 is 12.4 Å². The van der Waals surface area contributed by atoms with E-state index in [9.17, 15) is 28.1 Å². The minimum Gasteiger partial charge on any atom is -0.468 e. The van der Waals surface area contributed by atoms with Gasteiger partial charge in [-0.2, -0.15) is 13.1 Å². The number of halogens is 1. The monoisotopic (exact) mass is 461 g/mol. The molecular formula is C17H20ClN3O8S. The van der Waals surface area contributed by atoms with Crippen LogP contribution in [0.1, 0.15) is 15.9 Å². The Labute approximate surface area is 178 Å². The zero-order valence-corrected chi connectivity index (χ0v) is 17.3. The molecule has 1 atom stereocenters. The number of ketones is 1. The topological polar surface area (TPSA) is 179 Å². The number of carbonyl (C=O) groups is 2. The number of rotatable bonds is 7. The van der Waals surface area contributed by atoms with E-state index in [0.29, 0.717) is 5.56 Å². The Kier molecular flexibility index (Phi) is 11.4. The molecule has 0 fully saturated rings. The van der Waals surface area contributed by atoms with Crippen molar-refractivity contribution in [1.29, 1.82) is 0 Å². The summed E-state index contributed by atoms with van der Waals surface area (Å²) < 4.78 is 34.2. The van der Waals surface area contributed by atoms with E-state index in [-0.39, 0.29) is 29.4 Å². The first kappa shape index (κ1) is 27.1. The van der Waals surface area contributed by atoms with E-state index in [2.05, 4.69) is 4.74 Å². The summed E-state index contributed by atoms with van der Waals surface area (Å²) >= 11 is 0. The Hall–Kier alpha value is -2.90. The molecular weight excluding hydrogens is 442 g/mol. The summed E-state index contributed by atoms with van der Waals surface area (Å²) in [6.45, 7) is -0.397. The number of hydrogen-bond donors (Lipinski definition) is 3. The van der Waals surface area contributed by atoms with Crippen LogP contribution < -0.4 is 10.5 Å². The minimum absolute atomic E-state index is 0. The molecule has 0 aliphatic heterocycles. The van der Waals surface area contributed by atoms with Gasteiger partial charge < -0.3 is 10.5 Å². The highest BCUT2D eigenvalue weighted by molar-refractivity contribution is 7.83. The largest absolute Gasteiger partial charge is 0.468 e. The van der Waals surface area contributed by atoms with Crippen LogP contribution in [0.2, 0.25) is 0 Å². The third-order valence-corrected chi connectivity index (χ3v) is 3.90. The summed E-state index contributed by atoms with van der Waals surface area (Å²) in [5.41, 5.74) is 5.52. The average Bonchev–Trinajstić information content (AvgIpc) is 2.71. The normalized spacial score (nSPS) is 11.2. The standard InChI is InChI=1S/C13H9NO3.C4H10N2O5S.ClH/c15-13(10-6-2-1-3-7-10)11-8-4-5-9-12(11)14(16)17;1-11-4(7)3(5)2-6-12(8,9)10;/h1-9H;3,6H,2,5H2,1H3,(H,8,9,10);1H. The Morgan fingerprint density at radius 1 is 1.17 bits per heavy atom. The first-order valence-corrected chi connectivity index (χ1v) is 9.39. The summed E-state index contributed by atoms with van der Waals surface area (Å²) in [5, 5.41) is 10.8. The van der Waals surface area contributed by atoms with Gasteiger partial charge in [0.2, 0.25) is 0 Å². The van der Waals surface area contributed by atoms with E-state index >= 15 is 0 Å². The molecule has 0 saturated heterocycles. The number of esters is 1. The summed E-state index contributed by atoms with van der Waals surface area (Å²) in [6.07, 6.45) is 0. The van der Waals surface area contributed by atoms with Crippen LogP contribution in [0.5, 0.6) is 0 Å². The van der Waals surface area contributed by atoms with Crippen molar-refractivity contribution in [3.05, 3.63) is 75.8 Å². The van der Waals surface area contributed by atoms with Crippen LogP contribution in [0.15, 0.2) is 54.6 Å². The highest BCUT2D eigenvalue weighted by Crippen LogP contribution is 2.20. The second-order valence-electron chi connectivity index (χ2n) is 5.42. The Morgan fingerprint density at radius 2 is 1.70 bits per heavy atom. The average molecular weight is 462 g/mol. The fourth-order valence-electron chi connectivity index (χ4n) is 2.00. The van der Waals surface area contributed by atoms with Crippen molar-refractivity contribution >= 4 is 40.2 Å². The molecule has 11 nitrogen and oxygen atoms in total. The van der Waals surface area contributed by atoms with Crippen molar-refractivity contribution in [3.63, 3.8) is 0 Å². The molecule has 164 valence electrons. The molecule has 2 rings (SSSR count). The fourth-order valence-corrected chi connectivity index (χ4v) is 2.39. The first-order valence-electron chi connectivity index (χ1n) is 7.95. The molecule has 0 aliphatic carbocycles. The van der Waals surface area contributed by atoms with Crippen LogP contribution in [0.25, 0.3) is 0 Å². The lowest BCUT2D eigenvalue weighted by molar-refractivity contribution is -0.385. The van der Waals surface area contributed by atoms with Gasteiger partial charge in [0.15, 0.2) is 5.78 Å². The molecule has 0 heterocycles. The molecule has 1 unspecified atom stereocenters. The number of nitro groups is 1. The van der Waals surface area contributed by atoms with Gasteiger partial charge in [0, 0.05) is 18.2 Å². The summed E-state index contributed by atoms with van der Waals surface area (Å²) in [5.74, 6) is -1.09. The summed E-state index contributed by atoms with van der Waals surface area (Å²) in [7, 11) is -3.18. The van der Waals surface area contributed by atoms with Crippen LogP contribution in [-0.4, -0.2) is 49.3 Å². The van der Waals surface area contributed by atoms with Crippen molar-refractivity contribution in [1.82, 2.24) is 4.72 Å². The zero-order chi connectivity index (χ0) is 22.0. The van der Waals surface area contributed by atoms with Crippen molar-refractivity contribution in [2.24, 2.45) is 5.73 Å². The second kappa shape index (κ2) is 12.6. The Bertz CT molecular complexity index is 970. The maximum Gasteiger partial charge on any atom is 0.333 e. The lowest BCUT2D eigenvalue weighted by Gasteiger charge is -2.07. The molecule has 2 aromatic carbocycles. The second-order valence-corrected chi connectivity index (χ2v) is 6.66. The van der Waals surface area contributed by atoms with Gasteiger partial charge in [-0.05, 0) is 6.07 Å². The van der Waals surface area contributed by atoms with Gasteiger partial charge in [-0.1, -0.05) is 42.5 Å². The molecule has 0 aliphatic rings. The third kappa shape index (κ3) is 9.07. The molecule has 13 heteroatoms.